The maximum absolute atomic E-state index is 11.7. The SMILES string of the molecule is O=C1NCC12CCCC2.O=C1NCC12CCCCC2.O=C1NCCC12CCCC2.O=C1NCCC12CCCCC2.O=C1NCCCC12CCCC2.O=C1NCCCC12CCCCC2. The maximum atomic E-state index is 11.7. The molecule has 6 aliphatic carbocycles. The van der Waals surface area contributed by atoms with E-state index < -0.39 is 0 Å². The zero-order valence-corrected chi connectivity index (χ0v) is 39.0. The van der Waals surface area contributed by atoms with Gasteiger partial charge in [0.15, 0.2) is 0 Å². The maximum Gasteiger partial charge on any atom is 0.228 e. The van der Waals surface area contributed by atoms with E-state index in [1.165, 1.54) is 109 Å². The van der Waals surface area contributed by atoms with Gasteiger partial charge in [-0.05, 0) is 116 Å². The summed E-state index contributed by atoms with van der Waals surface area (Å²) in [6.07, 6.45) is 39.6. The average Bonchev–Trinajstić information content (AvgIpc) is 4.20. The zero-order valence-electron chi connectivity index (χ0n) is 39.0. The first-order chi connectivity index (χ1) is 30.5. The van der Waals surface area contributed by atoms with Gasteiger partial charge >= 0.3 is 0 Å². The molecule has 12 nitrogen and oxygen atoms in total. The van der Waals surface area contributed by atoms with Crippen LogP contribution in [-0.4, -0.2) is 74.7 Å². The molecule has 12 aliphatic rings. The van der Waals surface area contributed by atoms with Crippen LogP contribution < -0.4 is 31.9 Å². The number of β-lactam (4-membered cyclic amide) rings is 2. The average molecular weight is 877 g/mol. The van der Waals surface area contributed by atoms with Crippen LogP contribution in [0.3, 0.4) is 0 Å². The van der Waals surface area contributed by atoms with Crippen molar-refractivity contribution in [3.05, 3.63) is 0 Å². The summed E-state index contributed by atoms with van der Waals surface area (Å²) >= 11 is 0. The first-order valence-electron chi connectivity index (χ1n) is 26.2. The Morgan fingerprint density at radius 2 is 0.413 bits per heavy atom. The monoisotopic (exact) mass is 877 g/mol. The number of amides is 6. The molecule has 0 unspecified atom stereocenters. The number of nitrogens with one attached hydrogen (secondary N) is 6. The zero-order chi connectivity index (χ0) is 44.3. The van der Waals surface area contributed by atoms with Crippen LogP contribution in [0.4, 0.5) is 0 Å². The molecule has 6 saturated carbocycles. The predicted molar refractivity (Wildman–Crippen MR) is 245 cm³/mol. The highest BCUT2D eigenvalue weighted by atomic mass is 16.2. The molecule has 354 valence electrons. The van der Waals surface area contributed by atoms with Crippen LogP contribution in [-0.2, 0) is 28.8 Å². The lowest BCUT2D eigenvalue weighted by molar-refractivity contribution is -0.142. The molecule has 0 aromatic rings. The number of hydrogen-bond acceptors (Lipinski definition) is 6. The van der Waals surface area contributed by atoms with E-state index in [1.807, 2.05) is 0 Å². The molecule has 12 rings (SSSR count). The van der Waals surface area contributed by atoms with Gasteiger partial charge in [-0.1, -0.05) is 96.3 Å². The Balaban J connectivity index is 0.000000114. The standard InChI is InChI=1S/C10H17NO.2C9H15NO.2C8H13NO.C7H11NO/c12-9-10(7-4-8-11-9)5-2-1-3-6-10;11-8-9(4-1-2-5-9)6-3-7-10-8;11-8-9(6-7-10-8)4-2-1-3-5-9;10-7-8(5-6-9-7)3-1-2-4-8;10-7-8(6-9-7)4-2-1-3-5-8;9-6-7(5-8-6)3-1-2-4-7/h1-8H2,(H,11,12);2*1-7H2,(H,10,11);2*1-6H2,(H,9,10);1-5H2,(H,8,9). The first kappa shape index (κ1) is 47.8. The molecule has 6 aliphatic heterocycles. The lowest BCUT2D eigenvalue weighted by atomic mass is 9.69. The van der Waals surface area contributed by atoms with Crippen molar-refractivity contribution in [3.63, 3.8) is 0 Å². The second-order valence-corrected chi connectivity index (χ2v) is 22.1. The van der Waals surface area contributed by atoms with Gasteiger partial charge in [-0.15, -0.1) is 0 Å². The van der Waals surface area contributed by atoms with Crippen LogP contribution in [0.15, 0.2) is 0 Å². The van der Waals surface area contributed by atoms with Crippen LogP contribution >= 0.6 is 0 Å². The molecule has 0 aromatic carbocycles. The summed E-state index contributed by atoms with van der Waals surface area (Å²) in [4.78, 5) is 67.9. The largest absolute Gasteiger partial charge is 0.356 e. The normalized spacial score (nSPS) is 29.1. The van der Waals surface area contributed by atoms with Crippen LogP contribution in [0.2, 0.25) is 0 Å². The summed E-state index contributed by atoms with van der Waals surface area (Å²) in [7, 11) is 0. The number of rotatable bonds is 0. The second-order valence-electron chi connectivity index (χ2n) is 22.1. The molecule has 12 fully saturated rings. The minimum atomic E-state index is 0.0660. The van der Waals surface area contributed by atoms with Gasteiger partial charge in [-0.3, -0.25) is 28.8 Å². The van der Waals surface area contributed by atoms with Crippen molar-refractivity contribution in [2.75, 3.05) is 39.3 Å². The smallest absolute Gasteiger partial charge is 0.228 e. The summed E-state index contributed by atoms with van der Waals surface area (Å²) in [5.74, 6) is 1.95. The second kappa shape index (κ2) is 21.4. The van der Waals surface area contributed by atoms with Crippen LogP contribution in [0.1, 0.15) is 212 Å². The molecule has 6 N–H and O–H groups in total. The lowest BCUT2D eigenvalue weighted by Gasteiger charge is -2.43. The summed E-state index contributed by atoms with van der Waals surface area (Å²) < 4.78 is 0. The third-order valence-electron chi connectivity index (χ3n) is 18.2. The van der Waals surface area contributed by atoms with E-state index in [-0.39, 0.29) is 32.5 Å². The highest BCUT2D eigenvalue weighted by Gasteiger charge is 2.49. The van der Waals surface area contributed by atoms with Crippen LogP contribution in [0, 0.1) is 32.5 Å². The first-order valence-corrected chi connectivity index (χ1v) is 26.2. The van der Waals surface area contributed by atoms with E-state index in [2.05, 4.69) is 31.9 Å². The fourth-order valence-electron chi connectivity index (χ4n) is 13.7. The van der Waals surface area contributed by atoms with Gasteiger partial charge < -0.3 is 31.9 Å². The quantitative estimate of drug-likeness (QED) is 0.137. The highest BCUT2D eigenvalue weighted by Crippen LogP contribution is 2.46. The minimum Gasteiger partial charge on any atom is -0.356 e. The van der Waals surface area contributed by atoms with E-state index in [9.17, 15) is 28.8 Å². The van der Waals surface area contributed by atoms with Crippen molar-refractivity contribution >= 4 is 35.4 Å². The molecule has 63 heavy (non-hydrogen) atoms. The van der Waals surface area contributed by atoms with Crippen molar-refractivity contribution < 1.29 is 28.8 Å². The van der Waals surface area contributed by atoms with Gasteiger partial charge in [-0.25, -0.2) is 0 Å². The van der Waals surface area contributed by atoms with Gasteiger partial charge in [0.05, 0.1) is 21.7 Å². The van der Waals surface area contributed by atoms with E-state index in [0.29, 0.717) is 35.4 Å². The van der Waals surface area contributed by atoms with E-state index >= 15 is 0 Å². The van der Waals surface area contributed by atoms with Crippen molar-refractivity contribution in [2.45, 2.75) is 212 Å². The highest BCUT2D eigenvalue weighted by molar-refractivity contribution is 5.89. The molecule has 0 radical (unpaired) electrons. The molecule has 0 atom stereocenters. The van der Waals surface area contributed by atoms with Gasteiger partial charge in [0.2, 0.25) is 35.4 Å². The van der Waals surface area contributed by atoms with E-state index in [0.717, 1.165) is 142 Å². The van der Waals surface area contributed by atoms with E-state index in [4.69, 9.17) is 0 Å². The molecular weight excluding hydrogens is 793 g/mol. The van der Waals surface area contributed by atoms with Crippen LogP contribution in [0.5, 0.6) is 0 Å². The molecule has 6 amide bonds. The van der Waals surface area contributed by atoms with Crippen molar-refractivity contribution in [2.24, 2.45) is 32.5 Å². The Kier molecular flexibility index (Phi) is 16.2. The Hall–Kier alpha value is -3.18. The van der Waals surface area contributed by atoms with Gasteiger partial charge in [-0.2, -0.15) is 0 Å². The predicted octanol–water partition coefficient (Wildman–Crippen LogP) is 7.57. The molecule has 6 heterocycles. The summed E-state index contributed by atoms with van der Waals surface area (Å²) in [6.45, 7) is 5.54. The van der Waals surface area contributed by atoms with Gasteiger partial charge in [0.25, 0.3) is 0 Å². The molecule has 0 bridgehead atoms. The van der Waals surface area contributed by atoms with E-state index in [1.54, 1.807) is 0 Å². The van der Waals surface area contributed by atoms with Crippen molar-refractivity contribution in [1.82, 2.24) is 31.9 Å². The summed E-state index contributed by atoms with van der Waals surface area (Å²) in [5.41, 5.74) is 0.561. The molecule has 6 spiro atoms. The Bertz CT molecular complexity index is 1570. The Labute approximate surface area is 378 Å². The van der Waals surface area contributed by atoms with Gasteiger partial charge in [0.1, 0.15) is 0 Å². The minimum absolute atomic E-state index is 0.0660. The molecular formula is C51H84N6O6. The molecule has 12 heteroatoms. The van der Waals surface area contributed by atoms with Gasteiger partial charge in [0, 0.05) is 50.1 Å². The topological polar surface area (TPSA) is 175 Å². The van der Waals surface area contributed by atoms with Crippen LogP contribution in [0.25, 0.3) is 0 Å². The summed E-state index contributed by atoms with van der Waals surface area (Å²) in [6, 6.07) is 0. The number of piperidine rings is 2. The third kappa shape index (κ3) is 10.9. The summed E-state index contributed by atoms with van der Waals surface area (Å²) in [5, 5.41) is 17.5. The lowest BCUT2D eigenvalue weighted by Crippen LogP contribution is -2.59. The van der Waals surface area contributed by atoms with Crippen molar-refractivity contribution in [1.29, 1.82) is 0 Å². The number of carbonyl (C=O) groups is 6. The number of hydrogen-bond donors (Lipinski definition) is 6. The fourth-order valence-corrected chi connectivity index (χ4v) is 13.7. The molecule has 6 saturated heterocycles. The third-order valence-corrected chi connectivity index (χ3v) is 18.2. The molecule has 0 aromatic heterocycles. The van der Waals surface area contributed by atoms with Crippen molar-refractivity contribution in [3.8, 4) is 0 Å². The Morgan fingerprint density at radius 1 is 0.206 bits per heavy atom. The Morgan fingerprint density at radius 3 is 0.619 bits per heavy atom. The fraction of sp³-hybridized carbons (Fsp3) is 0.882. The number of carbonyl (C=O) groups excluding carboxylic acids is 6.